The number of amides is 3. The average Bonchev–Trinajstić information content (AvgIpc) is 4.12. The molecule has 23 heteroatoms. The van der Waals surface area contributed by atoms with Gasteiger partial charge in [0.25, 0.3) is 5.91 Å². The topological polar surface area (TPSA) is 157 Å². The Morgan fingerprint density at radius 1 is 1.04 bits per heavy atom. The summed E-state index contributed by atoms with van der Waals surface area (Å²) in [6.45, 7) is 8.27. The predicted molar refractivity (Wildman–Crippen MR) is 250 cm³/mol. The fraction of sp³-hybridized carbons (Fsp3) is 0.396. The van der Waals surface area contributed by atoms with Gasteiger partial charge in [-0.25, -0.2) is 13.8 Å². The molecule has 13 nitrogen and oxygen atoms in total. The number of hydrogen-bond donors (Lipinski definition) is 2. The van der Waals surface area contributed by atoms with Gasteiger partial charge in [-0.15, -0.1) is 11.3 Å². The third-order valence-corrected chi connectivity index (χ3v) is 13.2. The molecular weight excluding hydrogens is 985 g/mol. The molecule has 5 heterocycles. The number of pyridine rings is 1. The molecule has 2 unspecified atom stereocenters. The zero-order valence-electron chi connectivity index (χ0n) is 38.7. The lowest BCUT2D eigenvalue weighted by Gasteiger charge is -2.35. The number of ether oxygens (including phenoxy) is 2. The van der Waals surface area contributed by atoms with Gasteiger partial charge < -0.3 is 29.6 Å². The van der Waals surface area contributed by atoms with Crippen LogP contribution in [-0.4, -0.2) is 80.6 Å². The molecule has 0 bridgehead atoms. The van der Waals surface area contributed by atoms with Crippen molar-refractivity contribution in [3.05, 3.63) is 100 Å². The number of carbonyl (C=O) groups excluding carboxylic acids is 3. The van der Waals surface area contributed by atoms with Crippen LogP contribution in [0.25, 0.3) is 21.8 Å². The number of nitrogens with zero attached hydrogens (tertiary/aromatic N) is 6. The predicted octanol–water partition coefficient (Wildman–Crippen LogP) is 10.4. The zero-order valence-corrected chi connectivity index (χ0v) is 40.4. The first-order valence-electron chi connectivity index (χ1n) is 22.1. The molecule has 0 aliphatic carbocycles. The molecule has 0 spiro atoms. The van der Waals surface area contributed by atoms with Crippen molar-refractivity contribution in [1.82, 2.24) is 25.2 Å². The molecule has 2 atom stereocenters. The number of carbonyl (C=O) groups is 3. The van der Waals surface area contributed by atoms with Crippen LogP contribution in [0, 0.1) is 28.4 Å². The van der Waals surface area contributed by atoms with E-state index in [1.54, 1.807) is 16.2 Å². The number of thiophene rings is 1. The number of thiocarbonyl (C=S) groups is 1. The Morgan fingerprint density at radius 2 is 1.77 bits per heavy atom. The van der Waals surface area contributed by atoms with Crippen molar-refractivity contribution in [3.8, 4) is 33.6 Å². The Balaban J connectivity index is 0.939. The van der Waals surface area contributed by atoms with E-state index in [-0.39, 0.29) is 43.2 Å². The van der Waals surface area contributed by atoms with Gasteiger partial charge in [0.15, 0.2) is 16.7 Å². The van der Waals surface area contributed by atoms with Crippen LogP contribution in [-0.2, 0) is 31.5 Å². The second-order valence-electron chi connectivity index (χ2n) is 18.3. The highest BCUT2D eigenvalue weighted by Gasteiger charge is 2.52. The summed E-state index contributed by atoms with van der Waals surface area (Å²) in [4.78, 5) is 56.7. The van der Waals surface area contributed by atoms with E-state index in [9.17, 15) is 40.7 Å². The largest absolute Gasteiger partial charge is 0.494 e. The molecule has 376 valence electrons. The summed E-state index contributed by atoms with van der Waals surface area (Å²) in [6, 6.07) is 9.01. The monoisotopic (exact) mass is 1030 g/mol. The summed E-state index contributed by atoms with van der Waals surface area (Å²) in [5.41, 5.74) is -8.55. The van der Waals surface area contributed by atoms with E-state index in [1.807, 2.05) is 44.5 Å². The highest BCUT2D eigenvalue weighted by molar-refractivity contribution is 7.81. The Labute approximate surface area is 411 Å². The van der Waals surface area contributed by atoms with Crippen molar-refractivity contribution in [2.45, 2.75) is 90.3 Å². The highest BCUT2D eigenvalue weighted by atomic mass is 32.1. The van der Waals surface area contributed by atoms with Gasteiger partial charge in [0.05, 0.1) is 58.0 Å². The number of alkyl halides is 6. The van der Waals surface area contributed by atoms with Crippen LogP contribution in [0.3, 0.4) is 0 Å². The summed E-state index contributed by atoms with van der Waals surface area (Å²) in [5.74, 6) is -4.54. The summed E-state index contributed by atoms with van der Waals surface area (Å²) in [7, 11) is 0. The maximum absolute atomic E-state index is 15.9. The van der Waals surface area contributed by atoms with E-state index in [4.69, 9.17) is 31.9 Å². The second-order valence-corrected chi connectivity index (χ2v) is 19.6. The fourth-order valence-corrected chi connectivity index (χ4v) is 9.60. The number of aromatic amines is 1. The van der Waals surface area contributed by atoms with Crippen molar-refractivity contribution < 1.29 is 59.0 Å². The summed E-state index contributed by atoms with van der Waals surface area (Å²) in [5, 5.41) is 13.4. The highest BCUT2D eigenvalue weighted by Crippen LogP contribution is 2.44. The lowest BCUT2D eigenvalue weighted by atomic mass is 9.85. The van der Waals surface area contributed by atoms with Crippen LogP contribution in [0.5, 0.6) is 5.75 Å². The summed E-state index contributed by atoms with van der Waals surface area (Å²) >= 11 is 6.94. The number of nitriles is 1. The van der Waals surface area contributed by atoms with Gasteiger partial charge >= 0.3 is 12.4 Å². The lowest BCUT2D eigenvalue weighted by Crippen LogP contribution is -2.55. The van der Waals surface area contributed by atoms with Crippen LogP contribution in [0.15, 0.2) is 66.3 Å². The minimum atomic E-state index is -5.33. The third-order valence-electron chi connectivity index (χ3n) is 11.9. The molecule has 2 aliphatic rings. The van der Waals surface area contributed by atoms with Crippen LogP contribution in [0.2, 0.25) is 0 Å². The van der Waals surface area contributed by atoms with Gasteiger partial charge in [0.2, 0.25) is 11.8 Å². The average molecular weight is 1030 g/mol. The number of unbranched alkanes of at least 4 members (excludes halogenated alkanes) is 1. The number of anilines is 2. The van der Waals surface area contributed by atoms with Crippen molar-refractivity contribution >= 4 is 57.8 Å². The van der Waals surface area contributed by atoms with Crippen LogP contribution in [0.4, 0.5) is 46.5 Å². The minimum absolute atomic E-state index is 0.0548. The van der Waals surface area contributed by atoms with E-state index in [0.717, 1.165) is 46.3 Å². The minimum Gasteiger partial charge on any atom is -0.494 e. The number of likely N-dealkylation sites (tertiary alicyclic amines) is 1. The number of imidazole rings is 1. The van der Waals surface area contributed by atoms with E-state index < -0.39 is 91.5 Å². The van der Waals surface area contributed by atoms with E-state index >= 15 is 8.78 Å². The number of hydrogen-bond acceptors (Lipinski definition) is 10. The number of H-pyrrole nitrogens is 1. The third kappa shape index (κ3) is 10.9. The Kier molecular flexibility index (Phi) is 15.0. The Morgan fingerprint density at radius 3 is 2.42 bits per heavy atom. The number of rotatable bonds is 15. The van der Waals surface area contributed by atoms with E-state index in [0.29, 0.717) is 48.7 Å². The van der Waals surface area contributed by atoms with Crippen molar-refractivity contribution in [3.63, 3.8) is 0 Å². The number of nitrogens with one attached hydrogen (secondary N) is 2. The molecule has 2 aromatic carbocycles. The smallest absolute Gasteiger partial charge is 0.420 e. The van der Waals surface area contributed by atoms with Gasteiger partial charge in [-0.2, -0.15) is 31.6 Å². The van der Waals surface area contributed by atoms with Crippen molar-refractivity contribution in [2.24, 2.45) is 5.41 Å². The van der Waals surface area contributed by atoms with E-state index in [2.05, 4.69) is 15.3 Å². The van der Waals surface area contributed by atoms with Gasteiger partial charge in [0.1, 0.15) is 41.0 Å². The molecule has 2 saturated heterocycles. The molecule has 3 aromatic heterocycles. The molecule has 3 amide bonds. The number of aromatic nitrogens is 3. The van der Waals surface area contributed by atoms with Gasteiger partial charge in [-0.05, 0) is 98.9 Å². The molecule has 5 aromatic rings. The quantitative estimate of drug-likeness (QED) is 0.0588. The molecule has 0 saturated carbocycles. The SMILES string of the molecule is CC(C)(C)C(NC(=O)COCCCCOc1ccc(-c2ncc(N3C(=S)N(c4ccc(C#N)c(C(F)(F)F)c4F)C(=O)C3(C)C)cc2F)c(C(F)(F)F)c1)C(=O)N1CCCC1c1nc(-c2cccs2)c[nH]1. The standard InChI is InChI=1S/C48H46F8N8O5S2/c1-45(2,3)40(42(66)62-16-8-10-34(62)41-59-24-32(60-41)35-11-9-19-71-35)61-36(65)25-68-17-6-7-18-69-28-13-14-29(30(21-28)47(51,52)53)39-31(49)20-27(23-58-39)64-44(70)63(43(67)46(64,4)5)33-15-12-26(22-57)37(38(33)50)48(54,55)56/h9,11-15,19-21,23-24,34,40H,6-8,10,16-18,25H2,1-5H3,(H,59,60)(H,61,65). The molecule has 2 aliphatic heterocycles. The first-order chi connectivity index (χ1) is 33.3. The van der Waals surface area contributed by atoms with Gasteiger partial charge in [-0.1, -0.05) is 26.8 Å². The molecule has 7 rings (SSSR count). The maximum atomic E-state index is 15.9. The van der Waals surface area contributed by atoms with Crippen LogP contribution in [0.1, 0.15) is 88.9 Å². The molecule has 0 radical (unpaired) electrons. The van der Waals surface area contributed by atoms with Gasteiger partial charge in [0, 0.05) is 31.0 Å². The van der Waals surface area contributed by atoms with Crippen molar-refractivity contribution in [2.75, 3.05) is 36.2 Å². The number of benzene rings is 2. The molecule has 2 fully saturated rings. The first-order valence-corrected chi connectivity index (χ1v) is 23.4. The maximum Gasteiger partial charge on any atom is 0.420 e. The first kappa shape index (κ1) is 52.3. The Hall–Kier alpha value is -6.51. The van der Waals surface area contributed by atoms with Crippen molar-refractivity contribution in [1.29, 1.82) is 5.26 Å². The molecule has 2 N–H and O–H groups in total. The normalized spacial score (nSPS) is 16.7. The molecule has 71 heavy (non-hydrogen) atoms. The van der Waals surface area contributed by atoms with Crippen LogP contribution < -0.4 is 19.9 Å². The summed E-state index contributed by atoms with van der Waals surface area (Å²) < 4.78 is 127. The second kappa shape index (κ2) is 20.3. The zero-order chi connectivity index (χ0) is 51.8. The summed E-state index contributed by atoms with van der Waals surface area (Å²) in [6.07, 6.45) is -5.49. The van der Waals surface area contributed by atoms with Crippen LogP contribution >= 0.6 is 23.6 Å². The molecular formula is C48H46F8N8O5S2. The lowest BCUT2D eigenvalue weighted by molar-refractivity contribution is -0.141. The van der Waals surface area contributed by atoms with Gasteiger partial charge in [-0.3, -0.25) is 24.3 Å². The fourth-order valence-electron chi connectivity index (χ4n) is 8.40. The Bertz CT molecular complexity index is 2880. The number of halogens is 8. The van der Waals surface area contributed by atoms with E-state index in [1.165, 1.54) is 26.0 Å².